The van der Waals surface area contributed by atoms with Crippen LogP contribution in [0.3, 0.4) is 0 Å². The van der Waals surface area contributed by atoms with Crippen molar-refractivity contribution in [1.82, 2.24) is 20.2 Å². The second-order valence-corrected chi connectivity index (χ2v) is 9.45. The van der Waals surface area contributed by atoms with E-state index in [1.54, 1.807) is 20.8 Å². The van der Waals surface area contributed by atoms with Gasteiger partial charge in [0.1, 0.15) is 28.5 Å². The third-order valence-electron chi connectivity index (χ3n) is 4.60. The Kier molecular flexibility index (Phi) is 7.43. The average Bonchev–Trinajstić information content (AvgIpc) is 2.77. The van der Waals surface area contributed by atoms with Crippen molar-refractivity contribution in [3.63, 3.8) is 0 Å². The molecule has 3 heterocycles. The van der Waals surface area contributed by atoms with Crippen molar-refractivity contribution in [2.24, 2.45) is 5.16 Å². The Morgan fingerprint density at radius 3 is 2.74 bits per heavy atom. The summed E-state index contributed by atoms with van der Waals surface area (Å²) < 4.78 is 5.12. The number of hydrogen-bond acceptors (Lipinski definition) is 11. The normalized spacial score (nSPS) is 19.9. The number of fused-ring (bicyclic) bond motifs is 1. The molecular weight excluding hydrogens is 480 g/mol. The van der Waals surface area contributed by atoms with Gasteiger partial charge in [-0.15, -0.1) is 11.8 Å². The standard InChI is InChI=1S/C21H24N6O7S/c1-5-10-9-35-19-14(18(30)27(19)15(10)20(31)32)25-17(29)13(16-23-7-6-11(22)24-16)26-33-8-12(28)34-21(2,3)4/h5-7,14,19H,1,8-9H2,2-4H3,(H,25,29)(H,31,32)(H2,22,23,24)/t14?,19-/m0/s1. The molecule has 14 heteroatoms. The fourth-order valence-corrected chi connectivity index (χ4v) is 4.54. The molecule has 1 aromatic heterocycles. The van der Waals surface area contributed by atoms with Crippen molar-refractivity contribution in [3.8, 4) is 0 Å². The predicted molar refractivity (Wildman–Crippen MR) is 125 cm³/mol. The number of oxime groups is 1. The van der Waals surface area contributed by atoms with Crippen LogP contribution in [0.4, 0.5) is 5.82 Å². The number of esters is 1. The summed E-state index contributed by atoms with van der Waals surface area (Å²) in [6.45, 7) is 8.03. The first-order valence-corrected chi connectivity index (χ1v) is 11.3. The lowest BCUT2D eigenvalue weighted by Crippen LogP contribution is -2.71. The average molecular weight is 505 g/mol. The Bertz CT molecular complexity index is 1140. The highest BCUT2D eigenvalue weighted by molar-refractivity contribution is 8.00. The second kappa shape index (κ2) is 10.1. The van der Waals surface area contributed by atoms with Crippen molar-refractivity contribution in [2.45, 2.75) is 37.8 Å². The molecule has 0 saturated carbocycles. The van der Waals surface area contributed by atoms with Gasteiger partial charge in [0.25, 0.3) is 11.8 Å². The maximum atomic E-state index is 13.0. The molecule has 2 aliphatic heterocycles. The van der Waals surface area contributed by atoms with E-state index in [0.717, 1.165) is 4.90 Å². The number of rotatable bonds is 8. The SMILES string of the molecule is C=CC1=C(C(=O)O)N2C(=O)C(NC(=O)C(=NOCC(=O)OC(C)(C)C)c3nccc(N)n3)[C@@H]2SC1. The van der Waals surface area contributed by atoms with Crippen LogP contribution in [0.15, 0.2) is 41.3 Å². The summed E-state index contributed by atoms with van der Waals surface area (Å²) in [7, 11) is 0. The zero-order valence-corrected chi connectivity index (χ0v) is 20.0. The van der Waals surface area contributed by atoms with Crippen LogP contribution in [0.2, 0.25) is 0 Å². The zero-order chi connectivity index (χ0) is 25.9. The molecule has 0 aromatic carbocycles. The first-order chi connectivity index (χ1) is 16.4. The molecule has 1 aromatic rings. The molecule has 35 heavy (non-hydrogen) atoms. The van der Waals surface area contributed by atoms with Gasteiger partial charge in [-0.25, -0.2) is 19.6 Å². The number of nitrogens with one attached hydrogen (secondary N) is 1. The molecule has 0 radical (unpaired) electrons. The van der Waals surface area contributed by atoms with E-state index in [1.807, 2.05) is 0 Å². The molecule has 13 nitrogen and oxygen atoms in total. The van der Waals surface area contributed by atoms with Crippen molar-refractivity contribution < 1.29 is 33.9 Å². The Morgan fingerprint density at radius 2 is 2.14 bits per heavy atom. The van der Waals surface area contributed by atoms with Gasteiger partial charge >= 0.3 is 11.9 Å². The number of nitrogens with two attached hydrogens (primary N) is 1. The van der Waals surface area contributed by atoms with E-state index >= 15 is 0 Å². The minimum Gasteiger partial charge on any atom is -0.477 e. The molecule has 2 aliphatic rings. The highest BCUT2D eigenvalue weighted by Crippen LogP contribution is 2.40. The van der Waals surface area contributed by atoms with Crippen LogP contribution < -0.4 is 11.1 Å². The summed E-state index contributed by atoms with van der Waals surface area (Å²) in [5.41, 5.74) is 4.73. The Balaban J connectivity index is 1.78. The summed E-state index contributed by atoms with van der Waals surface area (Å²) >= 11 is 1.27. The fourth-order valence-electron chi connectivity index (χ4n) is 3.20. The molecule has 1 fully saturated rings. The van der Waals surface area contributed by atoms with Gasteiger partial charge in [-0.2, -0.15) is 0 Å². The number of anilines is 1. The Hall–Kier alpha value is -3.94. The van der Waals surface area contributed by atoms with E-state index in [1.165, 1.54) is 30.1 Å². The number of thioether (sulfide) groups is 1. The number of nitrogens with zero attached hydrogens (tertiary/aromatic N) is 4. The molecule has 3 rings (SSSR count). The number of allylic oxidation sites excluding steroid dienone is 1. The third-order valence-corrected chi connectivity index (χ3v) is 5.90. The first-order valence-electron chi connectivity index (χ1n) is 10.3. The van der Waals surface area contributed by atoms with Crippen molar-refractivity contribution in [1.29, 1.82) is 0 Å². The maximum absolute atomic E-state index is 13.0. The van der Waals surface area contributed by atoms with Crippen LogP contribution in [0.1, 0.15) is 26.6 Å². The lowest BCUT2D eigenvalue weighted by atomic mass is 10.0. The molecule has 1 saturated heterocycles. The molecule has 186 valence electrons. The van der Waals surface area contributed by atoms with Crippen molar-refractivity contribution in [3.05, 3.63) is 42.0 Å². The number of hydrogen-bond donors (Lipinski definition) is 3. The first kappa shape index (κ1) is 25.7. The van der Waals surface area contributed by atoms with E-state index < -0.39 is 53.1 Å². The zero-order valence-electron chi connectivity index (χ0n) is 19.2. The summed E-state index contributed by atoms with van der Waals surface area (Å²) in [5, 5.41) is 15.1. The summed E-state index contributed by atoms with van der Waals surface area (Å²) in [4.78, 5) is 63.3. The van der Waals surface area contributed by atoms with Gasteiger partial charge in [0.05, 0.1) is 0 Å². The number of carbonyl (C=O) groups excluding carboxylic acids is 3. The molecule has 0 aliphatic carbocycles. The van der Waals surface area contributed by atoms with Gasteiger partial charge in [0.15, 0.2) is 5.82 Å². The number of ether oxygens (including phenoxy) is 1. The summed E-state index contributed by atoms with van der Waals surface area (Å²) in [5.74, 6) is -3.34. The van der Waals surface area contributed by atoms with Crippen molar-refractivity contribution in [2.75, 3.05) is 18.1 Å². The molecule has 2 amide bonds. The minimum absolute atomic E-state index is 0.0459. The lowest BCUT2D eigenvalue weighted by Gasteiger charge is -2.49. The van der Waals surface area contributed by atoms with Gasteiger partial charge in [-0.3, -0.25) is 14.5 Å². The number of carbonyl (C=O) groups is 4. The van der Waals surface area contributed by atoms with Crippen LogP contribution in [-0.2, 0) is 28.8 Å². The molecule has 1 unspecified atom stereocenters. The predicted octanol–water partition coefficient (Wildman–Crippen LogP) is 0.0458. The summed E-state index contributed by atoms with van der Waals surface area (Å²) in [6.07, 6.45) is 2.68. The molecule has 0 spiro atoms. The van der Waals surface area contributed by atoms with Crippen LogP contribution in [-0.4, -0.2) is 78.8 Å². The highest BCUT2D eigenvalue weighted by Gasteiger charge is 2.54. The molecule has 4 N–H and O–H groups in total. The molecular formula is C21H24N6O7S. The van der Waals surface area contributed by atoms with Gasteiger partial charge in [-0.05, 0) is 32.4 Å². The van der Waals surface area contributed by atoms with Crippen molar-refractivity contribution >= 4 is 47.0 Å². The summed E-state index contributed by atoms with van der Waals surface area (Å²) in [6, 6.07) is 0.356. The van der Waals surface area contributed by atoms with Crippen LogP contribution in [0, 0.1) is 0 Å². The second-order valence-electron chi connectivity index (χ2n) is 8.35. The Morgan fingerprint density at radius 1 is 1.43 bits per heavy atom. The van der Waals surface area contributed by atoms with E-state index in [4.69, 9.17) is 15.3 Å². The largest absolute Gasteiger partial charge is 0.477 e. The molecule has 0 bridgehead atoms. The van der Waals surface area contributed by atoms with E-state index in [-0.39, 0.29) is 17.3 Å². The smallest absolute Gasteiger partial charge is 0.352 e. The lowest BCUT2D eigenvalue weighted by molar-refractivity contribution is -0.160. The highest BCUT2D eigenvalue weighted by atomic mass is 32.2. The number of aromatic nitrogens is 2. The number of nitrogen functional groups attached to an aromatic ring is 1. The van der Waals surface area contributed by atoms with E-state index in [0.29, 0.717) is 11.3 Å². The van der Waals surface area contributed by atoms with Crippen LogP contribution in [0.25, 0.3) is 0 Å². The third kappa shape index (κ3) is 5.77. The van der Waals surface area contributed by atoms with Gasteiger partial charge in [0, 0.05) is 11.9 Å². The topological polar surface area (TPSA) is 186 Å². The quantitative estimate of drug-likeness (QED) is 0.188. The van der Waals surface area contributed by atoms with Crippen LogP contribution >= 0.6 is 11.8 Å². The minimum atomic E-state index is -1.27. The number of aliphatic carboxylic acids is 1. The van der Waals surface area contributed by atoms with Gasteiger partial charge < -0.3 is 25.7 Å². The van der Waals surface area contributed by atoms with Crippen LogP contribution in [0.5, 0.6) is 0 Å². The monoisotopic (exact) mass is 504 g/mol. The fraction of sp³-hybridized carbons (Fsp3) is 0.381. The number of amides is 2. The van der Waals surface area contributed by atoms with Gasteiger partial charge in [-0.1, -0.05) is 17.8 Å². The number of carboxylic acid groups (broad SMARTS) is 1. The van der Waals surface area contributed by atoms with Gasteiger partial charge in [0.2, 0.25) is 12.3 Å². The number of β-lactam (4-membered cyclic amide) rings is 1. The van der Waals surface area contributed by atoms with E-state index in [2.05, 4.69) is 27.0 Å². The number of carboxylic acids is 1. The van der Waals surface area contributed by atoms with E-state index in [9.17, 15) is 24.3 Å². The molecule has 2 atom stereocenters. The Labute approximate surface area is 204 Å². The maximum Gasteiger partial charge on any atom is 0.352 e.